The number of carbonyl (C=O) groups is 1. The molecule has 1 N–H and O–H groups in total. The molecule has 3 rings (SSSR count). The van der Waals surface area contributed by atoms with Crippen molar-refractivity contribution in [2.75, 3.05) is 25.0 Å². The summed E-state index contributed by atoms with van der Waals surface area (Å²) >= 11 is 0. The fourth-order valence-corrected chi connectivity index (χ4v) is 3.24. The summed E-state index contributed by atoms with van der Waals surface area (Å²) in [5, 5.41) is 3.19. The molecule has 0 saturated carbocycles. The van der Waals surface area contributed by atoms with Crippen LogP contribution in [-0.2, 0) is 0 Å². The number of urea groups is 1. The van der Waals surface area contributed by atoms with Gasteiger partial charge >= 0.3 is 6.03 Å². The van der Waals surface area contributed by atoms with Gasteiger partial charge in [0.05, 0.1) is 6.04 Å². The minimum absolute atomic E-state index is 0.0116. The highest BCUT2D eigenvalue weighted by Gasteiger charge is 2.24. The molecule has 25 heavy (non-hydrogen) atoms. The first-order valence-electron chi connectivity index (χ1n) is 8.88. The Kier molecular flexibility index (Phi) is 5.53. The first-order valence-corrected chi connectivity index (χ1v) is 8.88. The van der Waals surface area contributed by atoms with Crippen LogP contribution in [0.2, 0.25) is 0 Å². The Balaban J connectivity index is 1.50. The van der Waals surface area contributed by atoms with Crippen LogP contribution in [0.3, 0.4) is 0 Å². The topological polar surface area (TPSA) is 48.5 Å². The third kappa shape index (κ3) is 4.29. The van der Waals surface area contributed by atoms with Crippen molar-refractivity contribution in [3.05, 3.63) is 60.4 Å². The molecule has 1 aromatic heterocycles. The molecule has 1 atom stereocenters. The van der Waals surface area contributed by atoms with Gasteiger partial charge in [-0.1, -0.05) is 18.2 Å². The predicted molar refractivity (Wildman–Crippen MR) is 101 cm³/mol. The van der Waals surface area contributed by atoms with Gasteiger partial charge in [-0.2, -0.15) is 0 Å². The first-order chi connectivity index (χ1) is 12.1. The Morgan fingerprint density at radius 3 is 2.44 bits per heavy atom. The largest absolute Gasteiger partial charge is 0.371 e. The molecule has 132 valence electrons. The van der Waals surface area contributed by atoms with Crippen molar-refractivity contribution in [2.45, 2.75) is 31.8 Å². The lowest BCUT2D eigenvalue weighted by Crippen LogP contribution is -2.48. The SMILES string of the molecule is CC(c1ccncc1)N(C)C(=O)NC1CCN(c2ccccc2)CC1. The van der Waals surface area contributed by atoms with E-state index in [4.69, 9.17) is 0 Å². The van der Waals surface area contributed by atoms with E-state index in [0.29, 0.717) is 0 Å². The van der Waals surface area contributed by atoms with Crippen LogP contribution >= 0.6 is 0 Å². The van der Waals surface area contributed by atoms with Gasteiger partial charge in [0.15, 0.2) is 0 Å². The maximum atomic E-state index is 12.6. The van der Waals surface area contributed by atoms with E-state index in [0.717, 1.165) is 31.5 Å². The van der Waals surface area contributed by atoms with Crippen molar-refractivity contribution in [1.29, 1.82) is 0 Å². The molecule has 2 amide bonds. The Morgan fingerprint density at radius 1 is 1.16 bits per heavy atom. The Labute approximate surface area is 149 Å². The molecule has 5 nitrogen and oxygen atoms in total. The number of anilines is 1. The number of aromatic nitrogens is 1. The van der Waals surface area contributed by atoms with Gasteiger partial charge in [0, 0.05) is 44.3 Å². The average Bonchev–Trinajstić information content (AvgIpc) is 2.68. The summed E-state index contributed by atoms with van der Waals surface area (Å²) in [5.41, 5.74) is 2.35. The molecule has 1 saturated heterocycles. The molecule has 0 bridgehead atoms. The van der Waals surface area contributed by atoms with Crippen LogP contribution in [0.5, 0.6) is 0 Å². The van der Waals surface area contributed by atoms with Gasteiger partial charge in [0.2, 0.25) is 0 Å². The molecule has 0 aliphatic carbocycles. The van der Waals surface area contributed by atoms with Crippen LogP contribution in [0.4, 0.5) is 10.5 Å². The van der Waals surface area contributed by atoms with Gasteiger partial charge in [0.25, 0.3) is 0 Å². The van der Waals surface area contributed by atoms with E-state index in [1.165, 1.54) is 5.69 Å². The highest BCUT2D eigenvalue weighted by Crippen LogP contribution is 2.21. The van der Waals surface area contributed by atoms with E-state index in [1.54, 1.807) is 17.3 Å². The number of carbonyl (C=O) groups excluding carboxylic acids is 1. The molecule has 2 aromatic rings. The second-order valence-corrected chi connectivity index (χ2v) is 6.61. The zero-order valence-corrected chi connectivity index (χ0v) is 14.9. The van der Waals surface area contributed by atoms with Gasteiger partial charge in [-0.25, -0.2) is 4.79 Å². The van der Waals surface area contributed by atoms with E-state index >= 15 is 0 Å². The van der Waals surface area contributed by atoms with Crippen LogP contribution in [0.25, 0.3) is 0 Å². The van der Waals surface area contributed by atoms with Gasteiger partial charge in [-0.05, 0) is 49.6 Å². The quantitative estimate of drug-likeness (QED) is 0.929. The number of hydrogen-bond donors (Lipinski definition) is 1. The van der Waals surface area contributed by atoms with Crippen molar-refractivity contribution in [1.82, 2.24) is 15.2 Å². The molecule has 1 fully saturated rings. The normalized spacial score (nSPS) is 16.3. The number of nitrogens with one attached hydrogen (secondary N) is 1. The summed E-state index contributed by atoms with van der Waals surface area (Å²) in [5.74, 6) is 0. The number of rotatable bonds is 4. The van der Waals surface area contributed by atoms with Gasteiger partial charge in [0.1, 0.15) is 0 Å². The maximum Gasteiger partial charge on any atom is 0.317 e. The van der Waals surface area contributed by atoms with Crippen LogP contribution in [0.15, 0.2) is 54.9 Å². The number of benzene rings is 1. The second-order valence-electron chi connectivity index (χ2n) is 6.61. The smallest absolute Gasteiger partial charge is 0.317 e. The number of hydrogen-bond acceptors (Lipinski definition) is 3. The standard InChI is InChI=1S/C20H26N4O/c1-16(17-8-12-21-13-9-17)23(2)20(25)22-18-10-14-24(15-11-18)19-6-4-3-5-7-19/h3-9,12-13,16,18H,10-11,14-15H2,1-2H3,(H,22,25). The molecular formula is C20H26N4O. The zero-order chi connectivity index (χ0) is 17.6. The van der Waals surface area contributed by atoms with Crippen molar-refractivity contribution in [3.63, 3.8) is 0 Å². The summed E-state index contributed by atoms with van der Waals surface area (Å²) in [4.78, 5) is 20.7. The van der Waals surface area contributed by atoms with Crippen molar-refractivity contribution < 1.29 is 4.79 Å². The van der Waals surface area contributed by atoms with E-state index in [2.05, 4.69) is 39.5 Å². The Hall–Kier alpha value is -2.56. The van der Waals surface area contributed by atoms with Crippen LogP contribution < -0.4 is 10.2 Å². The second kappa shape index (κ2) is 8.01. The molecule has 1 unspecified atom stereocenters. The lowest BCUT2D eigenvalue weighted by molar-refractivity contribution is 0.188. The molecular weight excluding hydrogens is 312 g/mol. The molecule has 5 heteroatoms. The van der Waals surface area contributed by atoms with Crippen molar-refractivity contribution >= 4 is 11.7 Å². The lowest BCUT2D eigenvalue weighted by Gasteiger charge is -2.35. The molecule has 0 spiro atoms. The summed E-state index contributed by atoms with van der Waals surface area (Å²) in [6.45, 7) is 3.98. The van der Waals surface area contributed by atoms with Crippen molar-refractivity contribution in [3.8, 4) is 0 Å². The lowest BCUT2D eigenvalue weighted by atomic mass is 10.0. The minimum Gasteiger partial charge on any atom is -0.371 e. The highest BCUT2D eigenvalue weighted by molar-refractivity contribution is 5.74. The zero-order valence-electron chi connectivity index (χ0n) is 14.9. The number of amides is 2. The molecule has 1 aliphatic heterocycles. The first kappa shape index (κ1) is 17.3. The fraction of sp³-hybridized carbons (Fsp3) is 0.400. The number of pyridine rings is 1. The average molecular weight is 338 g/mol. The number of piperidine rings is 1. The predicted octanol–water partition coefficient (Wildman–Crippen LogP) is 3.45. The van der Waals surface area contributed by atoms with Crippen LogP contribution in [-0.4, -0.2) is 42.1 Å². The highest BCUT2D eigenvalue weighted by atomic mass is 16.2. The molecule has 0 radical (unpaired) electrons. The van der Waals surface area contributed by atoms with Gasteiger partial charge in [-0.15, -0.1) is 0 Å². The minimum atomic E-state index is -0.0116. The van der Waals surface area contributed by atoms with Gasteiger partial charge < -0.3 is 15.1 Å². The Morgan fingerprint density at radius 2 is 1.80 bits per heavy atom. The Bertz CT molecular complexity index is 669. The number of para-hydroxylation sites is 1. The third-order valence-electron chi connectivity index (χ3n) is 5.03. The summed E-state index contributed by atoms with van der Waals surface area (Å²) in [6.07, 6.45) is 5.46. The molecule has 2 heterocycles. The van der Waals surface area contributed by atoms with E-state index in [-0.39, 0.29) is 18.1 Å². The maximum absolute atomic E-state index is 12.6. The van der Waals surface area contributed by atoms with E-state index in [1.807, 2.05) is 32.2 Å². The molecule has 1 aliphatic rings. The van der Waals surface area contributed by atoms with E-state index < -0.39 is 0 Å². The van der Waals surface area contributed by atoms with Crippen LogP contribution in [0.1, 0.15) is 31.4 Å². The number of nitrogens with zero attached hydrogens (tertiary/aromatic N) is 3. The van der Waals surface area contributed by atoms with Gasteiger partial charge in [-0.3, -0.25) is 4.98 Å². The third-order valence-corrected chi connectivity index (χ3v) is 5.03. The fourth-order valence-electron chi connectivity index (χ4n) is 3.24. The summed E-state index contributed by atoms with van der Waals surface area (Å²) < 4.78 is 0. The molecule has 1 aromatic carbocycles. The monoisotopic (exact) mass is 338 g/mol. The van der Waals surface area contributed by atoms with Crippen molar-refractivity contribution in [2.24, 2.45) is 0 Å². The summed E-state index contributed by atoms with van der Waals surface area (Å²) in [7, 11) is 1.85. The summed E-state index contributed by atoms with van der Waals surface area (Å²) in [6, 6.07) is 14.6. The van der Waals surface area contributed by atoms with E-state index in [9.17, 15) is 4.79 Å². The van der Waals surface area contributed by atoms with Crippen LogP contribution in [0, 0.1) is 0 Å².